The number of benzene rings is 2. The van der Waals surface area contributed by atoms with Crippen molar-refractivity contribution in [3.63, 3.8) is 0 Å². The molecule has 0 saturated heterocycles. The third-order valence-corrected chi connectivity index (χ3v) is 4.56. The van der Waals surface area contributed by atoms with Gasteiger partial charge in [0, 0.05) is 0 Å². The van der Waals surface area contributed by atoms with E-state index in [1.54, 1.807) is 0 Å². The van der Waals surface area contributed by atoms with Crippen LogP contribution in [0.4, 0.5) is 0 Å². The molecule has 130 valence electrons. The van der Waals surface area contributed by atoms with E-state index in [1.165, 1.54) is 44.9 Å². The number of hydrogen-bond donors (Lipinski definition) is 0. The van der Waals surface area contributed by atoms with E-state index in [0.717, 1.165) is 12.5 Å². The Morgan fingerprint density at radius 3 is 2.28 bits per heavy atom. The smallest absolute Gasteiger partial charge is 0.870 e. The van der Waals surface area contributed by atoms with Gasteiger partial charge in [0.15, 0.2) is 0 Å². The average Bonchev–Trinajstić information content (AvgIpc) is 2.49. The van der Waals surface area contributed by atoms with Crippen LogP contribution in [0.1, 0.15) is 52.8 Å². The first-order valence-corrected chi connectivity index (χ1v) is 7.87. The van der Waals surface area contributed by atoms with Crippen LogP contribution in [0.25, 0.3) is 0 Å². The molecular weight excluding hydrogens is 382 g/mol. The van der Waals surface area contributed by atoms with E-state index in [9.17, 15) is 0 Å². The van der Waals surface area contributed by atoms with Gasteiger partial charge < -0.3 is 17.9 Å². The molecule has 3 heteroatoms. The Hall–Kier alpha value is -0.709. The molecule has 0 fully saturated rings. The molecule has 1 N–H and O–H groups in total. The molecule has 0 bridgehead atoms. The maximum Gasteiger partial charge on any atom is 2.00 e. The minimum atomic E-state index is 0. The number of rotatable bonds is 0. The van der Waals surface area contributed by atoms with Crippen molar-refractivity contribution in [3.05, 3.63) is 88.7 Å². The van der Waals surface area contributed by atoms with Crippen LogP contribution >= 0.6 is 0 Å². The first kappa shape index (κ1) is 24.3. The van der Waals surface area contributed by atoms with Gasteiger partial charge in [-0.15, -0.1) is 30.8 Å². The van der Waals surface area contributed by atoms with Crippen LogP contribution < -0.4 is 0 Å². The second-order valence-electron chi connectivity index (χ2n) is 6.46. The summed E-state index contributed by atoms with van der Waals surface area (Å²) in [6.45, 7) is 10.8. The second kappa shape index (κ2) is 9.84. The zero-order valence-corrected chi connectivity index (χ0v) is 19.7. The summed E-state index contributed by atoms with van der Waals surface area (Å²) in [6, 6.07) is 12.4. The summed E-state index contributed by atoms with van der Waals surface area (Å²) in [5, 5.41) is 0. The number of nitrogens with zero attached hydrogens (tertiary/aromatic N) is 1. The average molecular weight is 409 g/mol. The predicted molar refractivity (Wildman–Crippen MR) is 109 cm³/mol. The van der Waals surface area contributed by atoms with Gasteiger partial charge in [-0.25, -0.2) is 5.92 Å². The molecule has 1 heterocycles. The minimum Gasteiger partial charge on any atom is -0.870 e. The monoisotopic (exact) mass is 409 g/mol. The van der Waals surface area contributed by atoms with Crippen molar-refractivity contribution in [2.75, 3.05) is 0 Å². The first-order valence-electron chi connectivity index (χ1n) is 7.87. The zero-order valence-electron chi connectivity index (χ0n) is 16.3. The van der Waals surface area contributed by atoms with Crippen LogP contribution in [-0.2, 0) is 6.42 Å². The van der Waals surface area contributed by atoms with E-state index in [4.69, 9.17) is 4.99 Å². The molecule has 0 amide bonds. The summed E-state index contributed by atoms with van der Waals surface area (Å²) in [4.78, 5) is 4.72. The molecule has 1 aliphatic rings. The molecule has 0 atom stereocenters. The molecule has 3 rings (SSSR count). The van der Waals surface area contributed by atoms with Crippen molar-refractivity contribution in [1.82, 2.24) is 0 Å². The van der Waals surface area contributed by atoms with Gasteiger partial charge in [-0.2, -0.15) is 17.2 Å². The maximum absolute atomic E-state index is 4.72. The molecule has 2 aromatic carbocycles. The Morgan fingerprint density at radius 2 is 1.60 bits per heavy atom. The molecule has 0 radical (unpaired) electrons. The fraction of sp³-hybridized carbons (Fsp3) is 0.273. The van der Waals surface area contributed by atoms with E-state index < -0.39 is 0 Å². The Kier molecular flexibility index (Phi) is 9.56. The summed E-state index contributed by atoms with van der Waals surface area (Å²) in [5.41, 5.74) is 9.32. The van der Waals surface area contributed by atoms with Crippen molar-refractivity contribution < 1.29 is 5.48 Å². The zero-order chi connectivity index (χ0) is 15.9. The van der Waals surface area contributed by atoms with E-state index in [1.807, 2.05) is 6.21 Å². The standard InChI is InChI=1S/C21H23N.CH3.H2O.Sr/c1-13-6-7-18-11-19-10-14(2)8-15(3)21(19)16(4)17(5)22-12-20(18)9-13;;;/h6-10,12H,11H2,1-5H3;1H3;1H2;/q-2;-1;;+2/p-1. The molecule has 0 aliphatic carbocycles. The van der Waals surface area contributed by atoms with Crippen molar-refractivity contribution in [1.29, 1.82) is 0 Å². The van der Waals surface area contributed by atoms with Gasteiger partial charge in [0.25, 0.3) is 0 Å². The van der Waals surface area contributed by atoms with Gasteiger partial charge in [-0.1, -0.05) is 54.3 Å². The third kappa shape index (κ3) is 5.15. The molecule has 0 unspecified atom stereocenters. The largest absolute Gasteiger partial charge is 2.00 e. The third-order valence-electron chi connectivity index (χ3n) is 4.56. The van der Waals surface area contributed by atoms with Crippen LogP contribution in [0.5, 0.6) is 0 Å². The number of hydrogen-bond acceptors (Lipinski definition) is 2. The van der Waals surface area contributed by atoms with E-state index in [0.29, 0.717) is 0 Å². The van der Waals surface area contributed by atoms with Crippen LogP contribution in [0.2, 0.25) is 0 Å². The molecular formula is C22H27NOSr-2. The maximum atomic E-state index is 4.72. The predicted octanol–water partition coefficient (Wildman–Crippen LogP) is 5.02. The van der Waals surface area contributed by atoms with Gasteiger partial charge >= 0.3 is 45.5 Å². The fourth-order valence-corrected chi connectivity index (χ4v) is 3.38. The number of fused-ring (bicyclic) bond motifs is 2. The van der Waals surface area contributed by atoms with Gasteiger partial charge in [0.1, 0.15) is 0 Å². The summed E-state index contributed by atoms with van der Waals surface area (Å²) in [5.74, 6) is 1.29. The topological polar surface area (TPSA) is 42.4 Å². The Balaban J connectivity index is 0.00000192. The fourth-order valence-electron chi connectivity index (χ4n) is 3.38. The molecule has 2 nitrogen and oxygen atoms in total. The van der Waals surface area contributed by atoms with Gasteiger partial charge in [-0.3, -0.25) is 0 Å². The number of aryl methyl sites for hydroxylation is 3. The SMILES string of the molecule is Cc1ccc2c(c1)C=N[C-](C)[C-](C)c1c(C)cc(C)cc1C2.[CH3-].[OH-].[Sr+2]. The summed E-state index contributed by atoms with van der Waals surface area (Å²) in [6.07, 6.45) is 2.99. The molecule has 0 aromatic heterocycles. The number of aliphatic imine (C=N–C) groups is 1. The van der Waals surface area contributed by atoms with Crippen LogP contribution in [0, 0.1) is 40.2 Å². The Bertz CT molecular complexity index is 752. The summed E-state index contributed by atoms with van der Waals surface area (Å²) < 4.78 is 0. The minimum absolute atomic E-state index is 0. The van der Waals surface area contributed by atoms with Crippen molar-refractivity contribution in [2.24, 2.45) is 4.99 Å². The van der Waals surface area contributed by atoms with Crippen molar-refractivity contribution in [2.45, 2.75) is 41.0 Å². The Morgan fingerprint density at radius 1 is 0.920 bits per heavy atom. The van der Waals surface area contributed by atoms with Gasteiger partial charge in [0.05, 0.1) is 0 Å². The quantitative estimate of drug-likeness (QED) is 0.445. The van der Waals surface area contributed by atoms with Crippen molar-refractivity contribution in [3.8, 4) is 0 Å². The molecule has 0 saturated carbocycles. The van der Waals surface area contributed by atoms with Gasteiger partial charge in [-0.05, 0) is 20.3 Å². The normalized spacial score (nSPS) is 12.4. The molecule has 2 aromatic rings. The first-order chi connectivity index (χ1) is 10.5. The summed E-state index contributed by atoms with van der Waals surface area (Å²) in [7, 11) is 0. The van der Waals surface area contributed by atoms with E-state index >= 15 is 0 Å². The van der Waals surface area contributed by atoms with Crippen LogP contribution in [0.15, 0.2) is 35.3 Å². The molecule has 0 spiro atoms. The van der Waals surface area contributed by atoms with Crippen LogP contribution in [-0.4, -0.2) is 57.2 Å². The van der Waals surface area contributed by atoms with E-state index in [-0.39, 0.29) is 58.4 Å². The van der Waals surface area contributed by atoms with Crippen molar-refractivity contribution >= 4 is 51.7 Å². The van der Waals surface area contributed by atoms with Gasteiger partial charge in [0.2, 0.25) is 0 Å². The van der Waals surface area contributed by atoms with E-state index in [2.05, 4.69) is 65.0 Å². The second-order valence-corrected chi connectivity index (χ2v) is 6.46. The molecule has 25 heavy (non-hydrogen) atoms. The summed E-state index contributed by atoms with van der Waals surface area (Å²) >= 11 is 0. The molecule has 1 aliphatic heterocycles. The Labute approximate surface area is 190 Å². The van der Waals surface area contributed by atoms with Crippen LogP contribution in [0.3, 0.4) is 0 Å².